The van der Waals surface area contributed by atoms with Crippen LogP contribution in [-0.2, 0) is 0 Å². The second-order valence-corrected chi connectivity index (χ2v) is 8.79. The average molecular weight is 632 g/mol. The Bertz CT molecular complexity index is 1660. The van der Waals surface area contributed by atoms with Gasteiger partial charge in [-0.3, -0.25) is 0 Å². The Kier molecular flexibility index (Phi) is 11.6. The Hall–Kier alpha value is -4.23. The fraction of sp³-hybridized carbons (Fsp3) is 0.0769. The Balaban J connectivity index is 0.000000236. The number of pyridine rings is 2. The van der Waals surface area contributed by atoms with Crippen LogP contribution in [0.4, 0.5) is 43.5 Å². The monoisotopic (exact) mass is 630 g/mol. The van der Waals surface area contributed by atoms with Gasteiger partial charge < -0.3 is 11.1 Å². The van der Waals surface area contributed by atoms with E-state index in [1.54, 1.807) is 12.1 Å². The average Bonchev–Trinajstić information content (AvgIpc) is 2.94. The third-order valence-electron chi connectivity index (χ3n) is 4.98. The van der Waals surface area contributed by atoms with Crippen LogP contribution in [0.5, 0.6) is 0 Å². The minimum atomic E-state index is -0.868. The van der Waals surface area contributed by atoms with E-state index in [0.717, 1.165) is 30.3 Å². The summed E-state index contributed by atoms with van der Waals surface area (Å²) in [5, 5.41) is 18.8. The van der Waals surface area contributed by atoms with Gasteiger partial charge >= 0.3 is 0 Å². The van der Waals surface area contributed by atoms with Crippen molar-refractivity contribution in [3.63, 3.8) is 0 Å². The van der Waals surface area contributed by atoms with Crippen molar-refractivity contribution >= 4 is 52.0 Å². The molecule has 2 aromatic heterocycles. The third kappa shape index (κ3) is 8.38. The number of aromatic nitrogens is 2. The highest BCUT2D eigenvalue weighted by Crippen LogP contribution is 2.27. The van der Waals surface area contributed by atoms with Crippen LogP contribution in [0.3, 0.4) is 0 Å². The fourth-order valence-corrected chi connectivity index (χ4v) is 3.27. The van der Waals surface area contributed by atoms with Crippen LogP contribution in [0, 0.1) is 71.4 Å². The molecule has 3 N–H and O–H groups in total. The molecule has 0 aliphatic carbocycles. The summed E-state index contributed by atoms with van der Waals surface area (Å²) in [4.78, 5) is 7.01. The zero-order valence-electron chi connectivity index (χ0n) is 20.7. The molecule has 0 aliphatic rings. The topological polar surface area (TPSA) is 111 Å². The van der Waals surface area contributed by atoms with E-state index < -0.39 is 34.9 Å². The van der Waals surface area contributed by atoms with Gasteiger partial charge in [-0.25, -0.2) is 36.3 Å². The second kappa shape index (κ2) is 14.4. The highest BCUT2D eigenvalue weighted by molar-refractivity contribution is 6.33. The van der Waals surface area contributed by atoms with E-state index >= 15 is 0 Å². The molecule has 0 aliphatic heterocycles. The molecule has 0 unspecified atom stereocenters. The number of nitriles is 2. The number of nitrogen functional groups attached to an aromatic ring is 1. The van der Waals surface area contributed by atoms with Gasteiger partial charge in [-0.05, 0) is 50.2 Å². The highest BCUT2D eigenvalue weighted by Gasteiger charge is 2.15. The summed E-state index contributed by atoms with van der Waals surface area (Å²) < 4.78 is 78.2. The summed E-state index contributed by atoms with van der Waals surface area (Å²) in [5.41, 5.74) is 4.61. The van der Waals surface area contributed by atoms with Gasteiger partial charge in [-0.15, -0.1) is 0 Å². The van der Waals surface area contributed by atoms with Gasteiger partial charge in [-0.1, -0.05) is 34.8 Å². The summed E-state index contributed by atoms with van der Waals surface area (Å²) in [6, 6.07) is 9.68. The fourth-order valence-electron chi connectivity index (χ4n) is 2.72. The smallest absolute Gasteiger partial charge is 0.168 e. The second-order valence-electron chi connectivity index (χ2n) is 7.71. The Morgan fingerprint density at radius 2 is 1.17 bits per heavy atom. The van der Waals surface area contributed by atoms with Crippen molar-refractivity contribution in [1.82, 2.24) is 9.97 Å². The van der Waals surface area contributed by atoms with Crippen molar-refractivity contribution in [3.05, 3.63) is 109 Å². The maximum Gasteiger partial charge on any atom is 0.168 e. The lowest BCUT2D eigenvalue weighted by Crippen LogP contribution is -2.02. The molecule has 0 amide bonds. The minimum absolute atomic E-state index is 0.0149. The lowest BCUT2D eigenvalue weighted by molar-refractivity contribution is 0.570. The zero-order chi connectivity index (χ0) is 31.0. The van der Waals surface area contributed by atoms with E-state index in [-0.39, 0.29) is 54.9 Å². The SMILES string of the molecule is Cc1c(F)ccc(N)c1F.Cc1c(F)ccc(Nc2nc(Cl)c(C#N)cc2F)c1F.N#Cc1cc(F)c(Cl)nc1Cl. The maximum atomic E-state index is 13.8. The Morgan fingerprint density at radius 1 is 0.683 bits per heavy atom. The van der Waals surface area contributed by atoms with Crippen molar-refractivity contribution < 1.29 is 26.3 Å². The molecular weight excluding hydrogens is 617 g/mol. The van der Waals surface area contributed by atoms with Gasteiger partial charge in [0.05, 0.1) is 22.5 Å². The molecule has 0 fully saturated rings. The van der Waals surface area contributed by atoms with Crippen LogP contribution in [0.25, 0.3) is 0 Å². The summed E-state index contributed by atoms with van der Waals surface area (Å²) in [7, 11) is 0. The molecule has 0 bridgehead atoms. The number of nitrogens with zero attached hydrogens (tertiary/aromatic N) is 4. The van der Waals surface area contributed by atoms with Crippen LogP contribution in [0.1, 0.15) is 22.3 Å². The van der Waals surface area contributed by atoms with Crippen LogP contribution in [-0.4, -0.2) is 9.97 Å². The van der Waals surface area contributed by atoms with Crippen molar-refractivity contribution in [3.8, 4) is 12.1 Å². The lowest BCUT2D eigenvalue weighted by atomic mass is 10.2. The molecule has 0 radical (unpaired) electrons. The molecule has 0 atom stereocenters. The maximum absolute atomic E-state index is 13.8. The number of hydrogen-bond donors (Lipinski definition) is 2. The van der Waals surface area contributed by atoms with Gasteiger partial charge in [0.15, 0.2) is 34.2 Å². The summed E-state index contributed by atoms with van der Waals surface area (Å²) >= 11 is 16.3. The number of nitrogens with one attached hydrogen (secondary N) is 1. The van der Waals surface area contributed by atoms with Crippen LogP contribution >= 0.6 is 34.8 Å². The number of hydrogen-bond acceptors (Lipinski definition) is 6. The molecular formula is C26H15Cl3F6N6. The lowest BCUT2D eigenvalue weighted by Gasteiger charge is -2.10. The van der Waals surface area contributed by atoms with E-state index in [1.165, 1.54) is 19.9 Å². The molecule has 0 spiro atoms. The molecule has 0 saturated heterocycles. The molecule has 4 aromatic rings. The largest absolute Gasteiger partial charge is 0.396 e. The van der Waals surface area contributed by atoms with Gasteiger partial charge in [0, 0.05) is 11.1 Å². The Morgan fingerprint density at radius 3 is 1.71 bits per heavy atom. The molecule has 2 aromatic carbocycles. The van der Waals surface area contributed by atoms with E-state index in [4.69, 9.17) is 51.1 Å². The molecule has 41 heavy (non-hydrogen) atoms. The summed E-state index contributed by atoms with van der Waals surface area (Å²) in [5.74, 6) is -4.75. The summed E-state index contributed by atoms with van der Waals surface area (Å²) in [6.07, 6.45) is 0. The molecule has 2 heterocycles. The van der Waals surface area contributed by atoms with Gasteiger partial charge in [0.2, 0.25) is 0 Å². The molecule has 212 valence electrons. The highest BCUT2D eigenvalue weighted by atomic mass is 35.5. The van der Waals surface area contributed by atoms with Crippen LogP contribution < -0.4 is 11.1 Å². The van der Waals surface area contributed by atoms with Gasteiger partial charge in [-0.2, -0.15) is 10.5 Å². The normalized spacial score (nSPS) is 9.88. The first-order chi connectivity index (χ1) is 19.2. The predicted molar refractivity (Wildman–Crippen MR) is 143 cm³/mol. The predicted octanol–water partition coefficient (Wildman–Crippen LogP) is 8.33. The van der Waals surface area contributed by atoms with Gasteiger partial charge in [0.1, 0.15) is 34.1 Å². The first kappa shape index (κ1) is 33.0. The summed E-state index contributed by atoms with van der Waals surface area (Å²) in [6.45, 7) is 2.60. The minimum Gasteiger partial charge on any atom is -0.396 e. The number of rotatable bonds is 2. The van der Waals surface area contributed by atoms with E-state index in [9.17, 15) is 26.3 Å². The third-order valence-corrected chi connectivity index (χ3v) is 5.82. The van der Waals surface area contributed by atoms with E-state index in [2.05, 4.69) is 15.3 Å². The number of anilines is 3. The van der Waals surface area contributed by atoms with Crippen molar-refractivity contribution in [1.29, 1.82) is 10.5 Å². The van der Waals surface area contributed by atoms with E-state index in [0.29, 0.717) is 0 Å². The first-order valence-electron chi connectivity index (χ1n) is 10.8. The zero-order valence-corrected chi connectivity index (χ0v) is 23.0. The molecule has 15 heteroatoms. The van der Waals surface area contributed by atoms with Crippen molar-refractivity contribution in [2.75, 3.05) is 11.1 Å². The number of halogens is 9. The number of nitrogens with two attached hydrogens (primary N) is 1. The first-order valence-corrected chi connectivity index (χ1v) is 11.9. The Labute approximate surface area is 244 Å². The van der Waals surface area contributed by atoms with Crippen LogP contribution in [0.15, 0.2) is 36.4 Å². The number of benzene rings is 2. The molecule has 6 nitrogen and oxygen atoms in total. The molecule has 4 rings (SSSR count). The van der Waals surface area contributed by atoms with Crippen molar-refractivity contribution in [2.45, 2.75) is 13.8 Å². The van der Waals surface area contributed by atoms with Gasteiger partial charge in [0.25, 0.3) is 0 Å². The molecule has 0 saturated carbocycles. The standard InChI is InChI=1S/C13H7ClF3N3.C7H7F2N.C6HCl2FN2/c1-6-8(15)2-3-10(11(6)17)19-13-9(16)4-7(5-18)12(14)20-13;1-4-5(8)2-3-6(10)7(4)9;7-5-3(2-10)1-4(9)6(8)11-5/h2-4H,1H3,(H,19,20);2-3H,10H2,1H3;1H. The van der Waals surface area contributed by atoms with Crippen LogP contribution in [0.2, 0.25) is 15.5 Å². The van der Waals surface area contributed by atoms with E-state index in [1.807, 2.05) is 0 Å². The quantitative estimate of drug-likeness (QED) is 0.131. The van der Waals surface area contributed by atoms with Crippen molar-refractivity contribution in [2.24, 2.45) is 0 Å².